The molecule has 1 aromatic carbocycles. The molecule has 6 heteroatoms. The highest BCUT2D eigenvalue weighted by Crippen LogP contribution is 2.11. The van der Waals surface area contributed by atoms with Crippen LogP contribution in [-0.2, 0) is 16.6 Å². The van der Waals surface area contributed by atoms with Crippen molar-refractivity contribution in [3.8, 4) is 5.75 Å². The van der Waals surface area contributed by atoms with Crippen LogP contribution in [0.4, 0.5) is 0 Å². The molecule has 0 radical (unpaired) electrons. The average molecular weight is 272 g/mol. The van der Waals surface area contributed by atoms with Crippen molar-refractivity contribution in [2.45, 2.75) is 13.5 Å². The summed E-state index contributed by atoms with van der Waals surface area (Å²) in [5.41, 5.74) is 0.905. The number of benzene rings is 1. The van der Waals surface area contributed by atoms with Gasteiger partial charge in [0.2, 0.25) is 10.0 Å². The molecule has 0 aromatic heterocycles. The zero-order valence-corrected chi connectivity index (χ0v) is 11.6. The van der Waals surface area contributed by atoms with Crippen LogP contribution in [0.5, 0.6) is 5.75 Å². The Balaban J connectivity index is 2.43. The maximum absolute atomic E-state index is 11.6. The summed E-state index contributed by atoms with van der Waals surface area (Å²) >= 11 is 0. The molecule has 0 unspecified atom stereocenters. The Morgan fingerprint density at radius 1 is 1.22 bits per heavy atom. The van der Waals surface area contributed by atoms with E-state index >= 15 is 0 Å². The molecule has 0 aliphatic rings. The average Bonchev–Trinajstić information content (AvgIpc) is 2.37. The molecule has 0 saturated heterocycles. The second kappa shape index (κ2) is 7.35. The fourth-order valence-electron chi connectivity index (χ4n) is 1.39. The highest BCUT2D eigenvalue weighted by atomic mass is 32.2. The Bertz CT molecular complexity index is 443. The van der Waals surface area contributed by atoms with Gasteiger partial charge < -0.3 is 10.1 Å². The van der Waals surface area contributed by atoms with Gasteiger partial charge in [0.1, 0.15) is 5.75 Å². The topological polar surface area (TPSA) is 67.4 Å². The minimum absolute atomic E-state index is 0.0942. The summed E-state index contributed by atoms with van der Waals surface area (Å²) in [7, 11) is -1.62. The van der Waals surface area contributed by atoms with E-state index in [0.717, 1.165) is 17.9 Å². The third-order valence-electron chi connectivity index (χ3n) is 2.45. The van der Waals surface area contributed by atoms with E-state index in [1.165, 1.54) is 0 Å². The van der Waals surface area contributed by atoms with Crippen LogP contribution in [0, 0.1) is 0 Å². The quantitative estimate of drug-likeness (QED) is 0.684. The van der Waals surface area contributed by atoms with Gasteiger partial charge in [-0.2, -0.15) is 0 Å². The van der Waals surface area contributed by atoms with Gasteiger partial charge in [-0.1, -0.05) is 19.1 Å². The van der Waals surface area contributed by atoms with Gasteiger partial charge in [0.25, 0.3) is 0 Å². The van der Waals surface area contributed by atoms with E-state index < -0.39 is 10.0 Å². The molecule has 102 valence electrons. The fourth-order valence-corrected chi connectivity index (χ4v) is 2.34. The largest absolute Gasteiger partial charge is 0.497 e. The Labute approximate surface area is 109 Å². The van der Waals surface area contributed by atoms with Crippen LogP contribution in [0.15, 0.2) is 24.3 Å². The number of sulfonamides is 1. The van der Waals surface area contributed by atoms with Gasteiger partial charge in [0.15, 0.2) is 0 Å². The molecule has 0 amide bonds. The first-order valence-corrected chi connectivity index (χ1v) is 7.53. The van der Waals surface area contributed by atoms with Gasteiger partial charge in [0.05, 0.1) is 12.9 Å². The van der Waals surface area contributed by atoms with E-state index in [2.05, 4.69) is 10.0 Å². The molecule has 1 rings (SSSR count). The van der Waals surface area contributed by atoms with Crippen molar-refractivity contribution in [3.05, 3.63) is 29.8 Å². The predicted molar refractivity (Wildman–Crippen MR) is 72.2 cm³/mol. The van der Waals surface area contributed by atoms with Crippen molar-refractivity contribution in [1.82, 2.24) is 10.0 Å². The van der Waals surface area contributed by atoms with Gasteiger partial charge in [0, 0.05) is 13.1 Å². The molecule has 5 nitrogen and oxygen atoms in total. The van der Waals surface area contributed by atoms with E-state index in [-0.39, 0.29) is 5.75 Å². The van der Waals surface area contributed by atoms with Gasteiger partial charge in [-0.05, 0) is 24.2 Å². The second-order valence-corrected chi connectivity index (χ2v) is 5.77. The zero-order valence-electron chi connectivity index (χ0n) is 10.8. The summed E-state index contributed by atoms with van der Waals surface area (Å²) in [5, 5.41) is 2.98. The van der Waals surface area contributed by atoms with Crippen LogP contribution in [0.3, 0.4) is 0 Å². The zero-order chi connectivity index (χ0) is 13.4. The Hall–Kier alpha value is -1.11. The summed E-state index contributed by atoms with van der Waals surface area (Å²) in [6.07, 6.45) is 0. The highest BCUT2D eigenvalue weighted by molar-refractivity contribution is 7.89. The molecule has 18 heavy (non-hydrogen) atoms. The molecule has 1 aromatic rings. The van der Waals surface area contributed by atoms with Crippen LogP contribution in [0.25, 0.3) is 0 Å². The standard InChI is InChI=1S/C12H20N2O3S/c1-3-13-8-9-18(15,16)14-10-11-4-6-12(17-2)7-5-11/h4-7,13-14H,3,8-10H2,1-2H3. The van der Waals surface area contributed by atoms with Crippen molar-refractivity contribution in [2.24, 2.45) is 0 Å². The predicted octanol–water partition coefficient (Wildman–Crippen LogP) is 0.724. The lowest BCUT2D eigenvalue weighted by atomic mass is 10.2. The number of nitrogens with one attached hydrogen (secondary N) is 2. The molecule has 0 aliphatic carbocycles. The Morgan fingerprint density at radius 2 is 1.89 bits per heavy atom. The maximum Gasteiger partial charge on any atom is 0.213 e. The molecule has 2 N–H and O–H groups in total. The molecule has 0 saturated carbocycles. The van der Waals surface area contributed by atoms with E-state index in [0.29, 0.717) is 13.1 Å². The SMILES string of the molecule is CCNCCS(=O)(=O)NCc1ccc(OC)cc1. The minimum atomic E-state index is -3.21. The van der Waals surface area contributed by atoms with Crippen molar-refractivity contribution < 1.29 is 13.2 Å². The molecule has 0 atom stereocenters. The normalized spacial score (nSPS) is 11.4. The molecule has 0 aliphatic heterocycles. The third kappa shape index (κ3) is 5.48. The molecular weight excluding hydrogens is 252 g/mol. The van der Waals surface area contributed by atoms with Gasteiger partial charge >= 0.3 is 0 Å². The van der Waals surface area contributed by atoms with Gasteiger partial charge in [-0.25, -0.2) is 13.1 Å². The summed E-state index contributed by atoms with van der Waals surface area (Å²) in [4.78, 5) is 0. The smallest absolute Gasteiger partial charge is 0.213 e. The number of methoxy groups -OCH3 is 1. The summed E-state index contributed by atoms with van der Waals surface area (Å²) < 4.78 is 30.8. The van der Waals surface area contributed by atoms with Crippen molar-refractivity contribution in [3.63, 3.8) is 0 Å². The lowest BCUT2D eigenvalue weighted by molar-refractivity contribution is 0.414. The van der Waals surface area contributed by atoms with Gasteiger partial charge in [-0.3, -0.25) is 0 Å². The monoisotopic (exact) mass is 272 g/mol. The number of ether oxygens (including phenoxy) is 1. The molecule has 0 heterocycles. The molecule has 0 bridgehead atoms. The van der Waals surface area contributed by atoms with Crippen LogP contribution < -0.4 is 14.8 Å². The van der Waals surface area contributed by atoms with E-state index in [4.69, 9.17) is 4.74 Å². The summed E-state index contributed by atoms with van der Waals surface area (Å²) in [6, 6.07) is 7.29. The summed E-state index contributed by atoms with van der Waals surface area (Å²) in [5.74, 6) is 0.852. The maximum atomic E-state index is 11.6. The number of hydrogen-bond donors (Lipinski definition) is 2. The first kappa shape index (κ1) is 14.9. The fraction of sp³-hybridized carbons (Fsp3) is 0.500. The van der Waals surface area contributed by atoms with Crippen molar-refractivity contribution in [1.29, 1.82) is 0 Å². The van der Waals surface area contributed by atoms with E-state index in [9.17, 15) is 8.42 Å². The Kier molecular flexibility index (Phi) is 6.11. The van der Waals surface area contributed by atoms with Crippen LogP contribution in [0.2, 0.25) is 0 Å². The first-order valence-electron chi connectivity index (χ1n) is 5.88. The van der Waals surface area contributed by atoms with Crippen LogP contribution >= 0.6 is 0 Å². The second-order valence-electron chi connectivity index (χ2n) is 3.84. The molecule has 0 spiro atoms. The Morgan fingerprint density at radius 3 is 2.44 bits per heavy atom. The van der Waals surface area contributed by atoms with Crippen molar-refractivity contribution in [2.75, 3.05) is 26.0 Å². The van der Waals surface area contributed by atoms with E-state index in [1.54, 1.807) is 7.11 Å². The van der Waals surface area contributed by atoms with E-state index in [1.807, 2.05) is 31.2 Å². The third-order valence-corrected chi connectivity index (χ3v) is 3.78. The minimum Gasteiger partial charge on any atom is -0.497 e. The number of hydrogen-bond acceptors (Lipinski definition) is 4. The van der Waals surface area contributed by atoms with Crippen LogP contribution in [-0.4, -0.2) is 34.4 Å². The van der Waals surface area contributed by atoms with Crippen LogP contribution in [0.1, 0.15) is 12.5 Å². The first-order chi connectivity index (χ1) is 8.57. The lowest BCUT2D eigenvalue weighted by Gasteiger charge is -2.07. The lowest BCUT2D eigenvalue weighted by Crippen LogP contribution is -2.31. The highest BCUT2D eigenvalue weighted by Gasteiger charge is 2.08. The molecular formula is C12H20N2O3S. The number of rotatable bonds is 8. The van der Waals surface area contributed by atoms with Gasteiger partial charge in [-0.15, -0.1) is 0 Å². The summed E-state index contributed by atoms with van der Waals surface area (Å²) in [6.45, 7) is 3.48. The molecule has 0 fully saturated rings. The van der Waals surface area contributed by atoms with Crippen molar-refractivity contribution >= 4 is 10.0 Å².